The topological polar surface area (TPSA) is 3.24 Å². The van der Waals surface area contributed by atoms with Crippen molar-refractivity contribution in [1.29, 1.82) is 0 Å². The minimum atomic E-state index is 1.13. The smallest absolute Gasteiger partial charge is 0.0640 e. The predicted molar refractivity (Wildman–Crippen MR) is 241 cm³/mol. The lowest BCUT2D eigenvalue weighted by molar-refractivity contribution is 1.32. The zero-order chi connectivity index (χ0) is 36.3. The first-order valence-electron chi connectivity index (χ1n) is 18.7. The summed E-state index contributed by atoms with van der Waals surface area (Å²) in [6.07, 6.45) is 0. The summed E-state index contributed by atoms with van der Waals surface area (Å²) in [5.41, 5.74) is 10.9. The van der Waals surface area contributed by atoms with Crippen LogP contribution in [-0.2, 0) is 0 Å². The van der Waals surface area contributed by atoms with Crippen LogP contribution in [0.15, 0.2) is 200 Å². The Morgan fingerprint density at radius 2 is 0.782 bits per heavy atom. The molecule has 3 heteroatoms. The van der Waals surface area contributed by atoms with Crippen LogP contribution in [-0.4, -0.2) is 0 Å². The molecule has 0 N–H and O–H groups in total. The average molecular weight is 736 g/mol. The van der Waals surface area contributed by atoms with Gasteiger partial charge in [0.15, 0.2) is 0 Å². The third-order valence-electron chi connectivity index (χ3n) is 10.9. The molecule has 0 spiro atoms. The molecular formula is C52H33NS2. The molecule has 2 aromatic heterocycles. The molecule has 55 heavy (non-hydrogen) atoms. The van der Waals surface area contributed by atoms with Gasteiger partial charge in [0.2, 0.25) is 0 Å². The first-order chi connectivity index (χ1) is 27.3. The van der Waals surface area contributed by atoms with Crippen molar-refractivity contribution < 1.29 is 0 Å². The summed E-state index contributed by atoms with van der Waals surface area (Å²) in [7, 11) is 0. The number of rotatable bonds is 6. The van der Waals surface area contributed by atoms with Gasteiger partial charge in [-0.05, 0) is 74.5 Å². The molecule has 0 aliphatic heterocycles. The van der Waals surface area contributed by atoms with E-state index in [0.717, 1.165) is 5.69 Å². The van der Waals surface area contributed by atoms with Gasteiger partial charge in [0.1, 0.15) is 0 Å². The van der Waals surface area contributed by atoms with Gasteiger partial charge in [0.05, 0.1) is 20.8 Å². The fourth-order valence-corrected chi connectivity index (χ4v) is 10.8. The Kier molecular flexibility index (Phi) is 7.61. The third-order valence-corrected chi connectivity index (χ3v) is 13.4. The van der Waals surface area contributed by atoms with Gasteiger partial charge in [-0.1, -0.05) is 170 Å². The van der Waals surface area contributed by atoms with Gasteiger partial charge >= 0.3 is 0 Å². The lowest BCUT2D eigenvalue weighted by Gasteiger charge is -2.27. The highest BCUT2D eigenvalue weighted by Crippen LogP contribution is 2.50. The molecule has 11 aromatic rings. The number of anilines is 3. The second-order valence-corrected chi connectivity index (χ2v) is 16.1. The van der Waals surface area contributed by atoms with Crippen molar-refractivity contribution in [2.24, 2.45) is 0 Å². The Hall–Kier alpha value is -6.52. The Balaban J connectivity index is 1.10. The Morgan fingerprint density at radius 1 is 0.291 bits per heavy atom. The summed E-state index contributed by atoms with van der Waals surface area (Å²) in [6, 6.07) is 73.2. The summed E-state index contributed by atoms with van der Waals surface area (Å²) in [4.78, 5) is 2.50. The second-order valence-electron chi connectivity index (χ2n) is 14.0. The molecule has 0 unspecified atom stereocenters. The van der Waals surface area contributed by atoms with Gasteiger partial charge in [0, 0.05) is 36.6 Å². The first-order valence-corrected chi connectivity index (χ1v) is 20.3. The molecule has 11 rings (SSSR count). The van der Waals surface area contributed by atoms with Crippen molar-refractivity contribution in [3.63, 3.8) is 0 Å². The highest BCUT2D eigenvalue weighted by Gasteiger charge is 2.22. The van der Waals surface area contributed by atoms with Crippen LogP contribution >= 0.6 is 22.7 Å². The Morgan fingerprint density at radius 3 is 1.56 bits per heavy atom. The standard InChI is InChI=1S/C52H33NS2/c1-2-12-34(13-3-1)35-26-28-38(29-27-35)42-19-9-20-45-46-22-11-24-48(52(46)55-50(42)45)53(47-23-10-21-44-43-17-6-7-25-49(43)54-51(44)47)39-32-30-37(31-33-39)41-18-8-15-36-14-4-5-16-40(36)41/h1-33H. The fourth-order valence-electron chi connectivity index (χ4n) is 8.27. The number of thiophene rings is 2. The summed E-state index contributed by atoms with van der Waals surface area (Å²) in [5, 5.41) is 7.69. The highest BCUT2D eigenvalue weighted by atomic mass is 32.1. The molecular weight excluding hydrogens is 703 g/mol. The second kappa shape index (κ2) is 13.1. The normalized spacial score (nSPS) is 11.6. The van der Waals surface area contributed by atoms with Crippen LogP contribution in [0.2, 0.25) is 0 Å². The molecule has 0 fully saturated rings. The molecule has 2 heterocycles. The maximum absolute atomic E-state index is 2.50. The number of benzene rings is 9. The minimum absolute atomic E-state index is 1.13. The summed E-state index contributed by atoms with van der Waals surface area (Å²) >= 11 is 3.78. The quantitative estimate of drug-likeness (QED) is 0.164. The molecule has 0 amide bonds. The minimum Gasteiger partial charge on any atom is -0.308 e. The number of nitrogens with zero attached hydrogens (tertiary/aromatic N) is 1. The zero-order valence-electron chi connectivity index (χ0n) is 29.8. The van der Waals surface area contributed by atoms with Crippen molar-refractivity contribution in [3.8, 4) is 33.4 Å². The van der Waals surface area contributed by atoms with Gasteiger partial charge in [-0.3, -0.25) is 0 Å². The van der Waals surface area contributed by atoms with Crippen molar-refractivity contribution in [3.05, 3.63) is 200 Å². The first kappa shape index (κ1) is 32.0. The van der Waals surface area contributed by atoms with E-state index in [1.54, 1.807) is 0 Å². The van der Waals surface area contributed by atoms with Crippen LogP contribution in [0.5, 0.6) is 0 Å². The molecule has 0 aliphatic rings. The summed E-state index contributed by atoms with van der Waals surface area (Å²) in [5.74, 6) is 0. The van der Waals surface area contributed by atoms with Crippen LogP contribution in [0.3, 0.4) is 0 Å². The van der Waals surface area contributed by atoms with E-state index in [4.69, 9.17) is 0 Å². The van der Waals surface area contributed by atoms with E-state index in [9.17, 15) is 0 Å². The van der Waals surface area contributed by atoms with Gasteiger partial charge < -0.3 is 4.90 Å². The molecule has 0 atom stereocenters. The van der Waals surface area contributed by atoms with Crippen LogP contribution in [0, 0.1) is 0 Å². The molecule has 0 saturated heterocycles. The lowest BCUT2D eigenvalue weighted by Crippen LogP contribution is -2.10. The molecule has 258 valence electrons. The van der Waals surface area contributed by atoms with Crippen LogP contribution in [0.1, 0.15) is 0 Å². The van der Waals surface area contributed by atoms with Gasteiger partial charge in [0.25, 0.3) is 0 Å². The van der Waals surface area contributed by atoms with Gasteiger partial charge in [-0.15, -0.1) is 22.7 Å². The lowest BCUT2D eigenvalue weighted by atomic mass is 9.98. The van der Waals surface area contributed by atoms with Crippen LogP contribution < -0.4 is 4.90 Å². The molecule has 0 aliphatic carbocycles. The van der Waals surface area contributed by atoms with E-state index < -0.39 is 0 Å². The molecule has 9 aromatic carbocycles. The molecule has 0 radical (unpaired) electrons. The number of hydrogen-bond donors (Lipinski definition) is 0. The largest absolute Gasteiger partial charge is 0.308 e. The fraction of sp³-hybridized carbons (Fsp3) is 0. The third kappa shape index (κ3) is 5.35. The zero-order valence-corrected chi connectivity index (χ0v) is 31.4. The summed E-state index contributed by atoms with van der Waals surface area (Å²) < 4.78 is 5.18. The number of fused-ring (bicyclic) bond motifs is 7. The Bertz CT molecular complexity index is 3180. The van der Waals surface area contributed by atoms with Crippen molar-refractivity contribution in [2.75, 3.05) is 4.90 Å². The van der Waals surface area contributed by atoms with Gasteiger partial charge in [-0.2, -0.15) is 0 Å². The van der Waals surface area contributed by atoms with E-state index in [1.807, 2.05) is 22.7 Å². The van der Waals surface area contributed by atoms with Crippen LogP contribution in [0.4, 0.5) is 17.1 Å². The SMILES string of the molecule is c1ccc(-c2ccc(-c3cccc4c3sc3c(N(c5ccc(-c6cccc7ccccc67)cc5)c5cccc6c5sc5ccccc56)cccc34)cc2)cc1. The predicted octanol–water partition coefficient (Wildman–Crippen LogP) is 16.0. The molecule has 0 bridgehead atoms. The number of hydrogen-bond acceptors (Lipinski definition) is 3. The van der Waals surface area contributed by atoms with Crippen LogP contribution in [0.25, 0.3) is 84.5 Å². The van der Waals surface area contributed by atoms with Crippen molar-refractivity contribution in [2.45, 2.75) is 0 Å². The van der Waals surface area contributed by atoms with Crippen molar-refractivity contribution >= 4 is 90.9 Å². The van der Waals surface area contributed by atoms with E-state index >= 15 is 0 Å². The average Bonchev–Trinajstić information content (AvgIpc) is 3.84. The summed E-state index contributed by atoms with van der Waals surface area (Å²) in [6.45, 7) is 0. The maximum Gasteiger partial charge on any atom is 0.0640 e. The monoisotopic (exact) mass is 735 g/mol. The Labute approximate surface area is 327 Å². The van der Waals surface area contributed by atoms with Gasteiger partial charge in [-0.25, -0.2) is 0 Å². The van der Waals surface area contributed by atoms with E-state index in [2.05, 4.69) is 205 Å². The molecule has 1 nitrogen and oxygen atoms in total. The maximum atomic E-state index is 2.50. The van der Waals surface area contributed by atoms with E-state index in [-0.39, 0.29) is 0 Å². The molecule has 0 saturated carbocycles. The van der Waals surface area contributed by atoms with E-state index in [0.29, 0.717) is 0 Å². The highest BCUT2D eigenvalue weighted by molar-refractivity contribution is 7.27. The van der Waals surface area contributed by atoms with Crippen molar-refractivity contribution in [1.82, 2.24) is 0 Å². The van der Waals surface area contributed by atoms with E-state index in [1.165, 1.54) is 95.9 Å².